The highest BCUT2D eigenvalue weighted by Gasteiger charge is 2.10. The van der Waals surface area contributed by atoms with Gasteiger partial charge in [-0.25, -0.2) is 0 Å². The van der Waals surface area contributed by atoms with E-state index in [4.69, 9.17) is 5.11 Å². The zero-order valence-corrected chi connectivity index (χ0v) is 10.5. The van der Waals surface area contributed by atoms with Crippen LogP contribution in [0.5, 0.6) is 0 Å². The van der Waals surface area contributed by atoms with Gasteiger partial charge in [0.15, 0.2) is 0 Å². The quantitative estimate of drug-likeness (QED) is 0.907. The summed E-state index contributed by atoms with van der Waals surface area (Å²) >= 11 is 3.48. The molecule has 0 saturated heterocycles. The Kier molecular flexibility index (Phi) is 3.01. The smallest absolute Gasteiger partial charge is 0.303 e. The van der Waals surface area contributed by atoms with Gasteiger partial charge in [0.1, 0.15) is 0 Å². The summed E-state index contributed by atoms with van der Waals surface area (Å²) in [7, 11) is 0. The average molecular weight is 282 g/mol. The highest BCUT2D eigenvalue weighted by molar-refractivity contribution is 9.10. The van der Waals surface area contributed by atoms with Crippen molar-refractivity contribution < 1.29 is 9.90 Å². The number of hydrogen-bond acceptors (Lipinski definition) is 1. The van der Waals surface area contributed by atoms with Crippen molar-refractivity contribution in [3.05, 3.63) is 33.9 Å². The Bertz CT molecular complexity index is 545. The van der Waals surface area contributed by atoms with Gasteiger partial charge in [-0.15, -0.1) is 0 Å². The molecule has 0 saturated carbocycles. The van der Waals surface area contributed by atoms with Crippen LogP contribution in [0.2, 0.25) is 0 Å². The molecule has 0 radical (unpaired) electrons. The monoisotopic (exact) mass is 281 g/mol. The summed E-state index contributed by atoms with van der Waals surface area (Å²) < 4.78 is 1.01. The molecule has 1 aromatic heterocycles. The Morgan fingerprint density at radius 3 is 2.88 bits per heavy atom. The Morgan fingerprint density at radius 1 is 1.50 bits per heavy atom. The summed E-state index contributed by atoms with van der Waals surface area (Å²) in [5.41, 5.74) is 3.18. The van der Waals surface area contributed by atoms with Crippen molar-refractivity contribution in [2.24, 2.45) is 0 Å². The summed E-state index contributed by atoms with van der Waals surface area (Å²) in [5.74, 6) is -0.767. The molecule has 0 atom stereocenters. The molecule has 0 bridgehead atoms. The van der Waals surface area contributed by atoms with E-state index in [2.05, 4.69) is 20.9 Å². The average Bonchev–Trinajstić information content (AvgIpc) is 2.55. The van der Waals surface area contributed by atoms with E-state index in [9.17, 15) is 4.79 Å². The Morgan fingerprint density at radius 2 is 2.25 bits per heavy atom. The number of para-hydroxylation sites is 1. The van der Waals surface area contributed by atoms with Crippen LogP contribution >= 0.6 is 15.9 Å². The molecule has 0 unspecified atom stereocenters. The van der Waals surface area contributed by atoms with Crippen LogP contribution < -0.4 is 0 Å². The van der Waals surface area contributed by atoms with Crippen molar-refractivity contribution in [2.45, 2.75) is 19.8 Å². The molecule has 3 nitrogen and oxygen atoms in total. The molecule has 2 N–H and O–H groups in total. The minimum Gasteiger partial charge on any atom is -0.481 e. The predicted octanol–water partition coefficient (Wildman–Crippen LogP) is 3.26. The third-order valence-electron chi connectivity index (χ3n) is 2.74. The van der Waals surface area contributed by atoms with E-state index in [0.29, 0.717) is 6.42 Å². The van der Waals surface area contributed by atoms with Crippen molar-refractivity contribution in [1.82, 2.24) is 4.98 Å². The number of aromatic nitrogens is 1. The lowest BCUT2D eigenvalue weighted by molar-refractivity contribution is -0.136. The molecular weight excluding hydrogens is 270 g/mol. The van der Waals surface area contributed by atoms with E-state index < -0.39 is 5.97 Å². The van der Waals surface area contributed by atoms with Gasteiger partial charge in [-0.05, 0) is 40.9 Å². The lowest BCUT2D eigenvalue weighted by Gasteiger charge is -1.96. The largest absolute Gasteiger partial charge is 0.481 e. The van der Waals surface area contributed by atoms with Gasteiger partial charge in [-0.1, -0.05) is 12.1 Å². The number of carbonyl (C=O) groups is 1. The number of benzene rings is 1. The van der Waals surface area contributed by atoms with Crippen LogP contribution in [0.4, 0.5) is 0 Å². The van der Waals surface area contributed by atoms with E-state index in [1.807, 2.05) is 25.1 Å². The molecule has 84 valence electrons. The second-order valence-electron chi connectivity index (χ2n) is 3.78. The molecule has 0 aliphatic carbocycles. The van der Waals surface area contributed by atoms with Gasteiger partial charge >= 0.3 is 5.97 Å². The molecule has 0 amide bonds. The molecule has 0 aliphatic heterocycles. The van der Waals surface area contributed by atoms with Crippen molar-refractivity contribution in [3.8, 4) is 0 Å². The third kappa shape index (κ3) is 1.97. The molecule has 16 heavy (non-hydrogen) atoms. The van der Waals surface area contributed by atoms with E-state index in [1.54, 1.807) is 0 Å². The minimum atomic E-state index is -0.767. The van der Waals surface area contributed by atoms with Gasteiger partial charge in [0.2, 0.25) is 0 Å². The van der Waals surface area contributed by atoms with Gasteiger partial charge < -0.3 is 10.1 Å². The molecule has 4 heteroatoms. The van der Waals surface area contributed by atoms with Crippen molar-refractivity contribution in [1.29, 1.82) is 0 Å². The molecule has 0 fully saturated rings. The van der Waals surface area contributed by atoms with E-state index in [0.717, 1.165) is 26.6 Å². The van der Waals surface area contributed by atoms with Crippen LogP contribution in [0.1, 0.15) is 17.7 Å². The molecule has 1 aromatic carbocycles. The van der Waals surface area contributed by atoms with Crippen LogP contribution in [0.3, 0.4) is 0 Å². The summed E-state index contributed by atoms with van der Waals surface area (Å²) in [6.45, 7) is 2.02. The topological polar surface area (TPSA) is 53.1 Å². The lowest BCUT2D eigenvalue weighted by Crippen LogP contribution is -1.98. The standard InChI is InChI=1S/C12H12BrNO2/c1-7-8-3-2-4-9(13)12(8)14-10(7)5-6-11(15)16/h2-4,14H,5-6H2,1H3,(H,15,16). The summed E-state index contributed by atoms with van der Waals surface area (Å²) in [5, 5.41) is 9.82. The molecule has 0 aliphatic rings. The van der Waals surface area contributed by atoms with Crippen molar-refractivity contribution in [2.75, 3.05) is 0 Å². The first kappa shape index (κ1) is 11.2. The molecule has 2 aromatic rings. The van der Waals surface area contributed by atoms with E-state index >= 15 is 0 Å². The van der Waals surface area contributed by atoms with Gasteiger partial charge in [-0.2, -0.15) is 0 Å². The van der Waals surface area contributed by atoms with Crippen LogP contribution in [0.15, 0.2) is 22.7 Å². The van der Waals surface area contributed by atoms with Crippen molar-refractivity contribution in [3.63, 3.8) is 0 Å². The SMILES string of the molecule is Cc1c(CCC(=O)O)[nH]c2c(Br)cccc12. The number of aryl methyl sites for hydroxylation is 2. The van der Waals surface area contributed by atoms with Crippen LogP contribution in [-0.2, 0) is 11.2 Å². The zero-order chi connectivity index (χ0) is 11.7. The fraction of sp³-hybridized carbons (Fsp3) is 0.250. The number of halogens is 1. The second kappa shape index (κ2) is 4.29. The first-order valence-corrected chi connectivity index (χ1v) is 5.86. The number of aromatic amines is 1. The molecule has 2 rings (SSSR count). The molecule has 1 heterocycles. The maximum Gasteiger partial charge on any atom is 0.303 e. The summed E-state index contributed by atoms with van der Waals surface area (Å²) in [6, 6.07) is 5.99. The Labute approximate surface area is 102 Å². The third-order valence-corrected chi connectivity index (χ3v) is 3.40. The number of carboxylic acids is 1. The predicted molar refractivity (Wildman–Crippen MR) is 66.7 cm³/mol. The summed E-state index contributed by atoms with van der Waals surface area (Å²) in [4.78, 5) is 13.8. The van der Waals surface area contributed by atoms with E-state index in [-0.39, 0.29) is 6.42 Å². The number of hydrogen-bond donors (Lipinski definition) is 2. The number of fused-ring (bicyclic) bond motifs is 1. The normalized spacial score (nSPS) is 10.9. The van der Waals surface area contributed by atoms with Crippen LogP contribution in [-0.4, -0.2) is 16.1 Å². The second-order valence-corrected chi connectivity index (χ2v) is 4.64. The lowest BCUT2D eigenvalue weighted by atomic mass is 10.1. The maximum atomic E-state index is 10.5. The number of nitrogens with one attached hydrogen (secondary N) is 1. The minimum absolute atomic E-state index is 0.158. The zero-order valence-electron chi connectivity index (χ0n) is 8.88. The molecule has 0 spiro atoms. The van der Waals surface area contributed by atoms with Gasteiger partial charge in [0, 0.05) is 15.6 Å². The number of carboxylic acid groups (broad SMARTS) is 1. The number of H-pyrrole nitrogens is 1. The van der Waals surface area contributed by atoms with Crippen LogP contribution in [0.25, 0.3) is 10.9 Å². The summed E-state index contributed by atoms with van der Waals surface area (Å²) in [6.07, 6.45) is 0.702. The highest BCUT2D eigenvalue weighted by Crippen LogP contribution is 2.28. The van der Waals surface area contributed by atoms with E-state index in [1.165, 1.54) is 0 Å². The molecular formula is C12H12BrNO2. The van der Waals surface area contributed by atoms with Gasteiger partial charge in [-0.3, -0.25) is 4.79 Å². The Hall–Kier alpha value is -1.29. The maximum absolute atomic E-state index is 10.5. The number of aliphatic carboxylic acids is 1. The fourth-order valence-corrected chi connectivity index (χ4v) is 2.32. The van der Waals surface area contributed by atoms with Gasteiger partial charge in [0.25, 0.3) is 0 Å². The first-order valence-electron chi connectivity index (χ1n) is 5.07. The number of rotatable bonds is 3. The van der Waals surface area contributed by atoms with Crippen LogP contribution in [0, 0.1) is 6.92 Å². The first-order chi connectivity index (χ1) is 7.59. The fourth-order valence-electron chi connectivity index (χ4n) is 1.85. The van der Waals surface area contributed by atoms with Gasteiger partial charge in [0.05, 0.1) is 11.9 Å². The highest BCUT2D eigenvalue weighted by atomic mass is 79.9. The van der Waals surface area contributed by atoms with Crippen molar-refractivity contribution >= 4 is 32.8 Å². The Balaban J connectivity index is 2.44.